The van der Waals surface area contributed by atoms with Crippen LogP contribution in [-0.2, 0) is 0 Å². The normalized spacial score (nSPS) is 12.2. The van der Waals surface area contributed by atoms with Crippen molar-refractivity contribution in [1.82, 2.24) is 4.90 Å². The molecule has 0 spiro atoms. The predicted molar refractivity (Wildman–Crippen MR) is 104 cm³/mol. The highest BCUT2D eigenvalue weighted by atomic mass is 15.1. The van der Waals surface area contributed by atoms with Gasteiger partial charge in [0.1, 0.15) is 0 Å². The van der Waals surface area contributed by atoms with Crippen LogP contribution in [0.2, 0.25) is 0 Å². The molecule has 0 aliphatic carbocycles. The number of allylic oxidation sites excluding steroid dienone is 6. The van der Waals surface area contributed by atoms with Gasteiger partial charge in [0.25, 0.3) is 0 Å². The molecule has 124 valence electrons. The van der Waals surface area contributed by atoms with Gasteiger partial charge in [-0.2, -0.15) is 0 Å². The molecule has 0 saturated carbocycles. The summed E-state index contributed by atoms with van der Waals surface area (Å²) in [6, 6.07) is 8.45. The zero-order valence-electron chi connectivity index (χ0n) is 15.4. The molecule has 1 aromatic carbocycles. The Morgan fingerprint density at radius 1 is 1.13 bits per heavy atom. The molecule has 0 heterocycles. The fourth-order valence-electron chi connectivity index (χ4n) is 2.46. The maximum Gasteiger partial charge on any atom is 0.0224 e. The van der Waals surface area contributed by atoms with Gasteiger partial charge in [-0.25, -0.2) is 0 Å². The van der Waals surface area contributed by atoms with Gasteiger partial charge in [-0.3, -0.25) is 0 Å². The highest BCUT2D eigenvalue weighted by molar-refractivity contribution is 5.72. The van der Waals surface area contributed by atoms with Crippen molar-refractivity contribution in [1.29, 1.82) is 0 Å². The van der Waals surface area contributed by atoms with Gasteiger partial charge in [-0.1, -0.05) is 68.5 Å². The molecule has 0 aliphatic rings. The number of hydrogen-bond acceptors (Lipinski definition) is 1. The highest BCUT2D eigenvalue weighted by Gasteiger charge is 2.07. The lowest BCUT2D eigenvalue weighted by molar-refractivity contribution is 0.414. The third-order valence-corrected chi connectivity index (χ3v) is 4.10. The fraction of sp³-hybridized carbons (Fsp3) is 0.364. The first-order chi connectivity index (χ1) is 10.9. The fourth-order valence-corrected chi connectivity index (χ4v) is 2.46. The molecule has 0 saturated heterocycles. The van der Waals surface area contributed by atoms with Crippen molar-refractivity contribution in [3.05, 3.63) is 77.7 Å². The smallest absolute Gasteiger partial charge is 0.0224 e. The van der Waals surface area contributed by atoms with Crippen molar-refractivity contribution in [2.75, 3.05) is 6.54 Å². The van der Waals surface area contributed by atoms with Gasteiger partial charge in [-0.15, -0.1) is 0 Å². The molecular weight excluding hydrogens is 278 g/mol. The molecule has 23 heavy (non-hydrogen) atoms. The molecule has 1 rings (SSSR count). The van der Waals surface area contributed by atoms with Crippen LogP contribution >= 0.6 is 0 Å². The number of unbranched alkanes of at least 4 members (excludes halogenated alkanes) is 1. The SMILES string of the molecule is C=C(/C=C\C(C)=C(/C)N(CCCC)C(=C)C)c1cccc(C)c1. The monoisotopic (exact) mass is 309 g/mol. The standard InChI is InChI=1S/C22H31N/c1-8-9-15-23(17(2)3)21(7)19(5)13-14-20(6)22-12-10-11-18(4)16-22/h10-14,16H,2,6,8-9,15H2,1,3-5,7H3/b14-13-,21-19+. The Morgan fingerprint density at radius 3 is 2.39 bits per heavy atom. The Morgan fingerprint density at radius 2 is 1.83 bits per heavy atom. The summed E-state index contributed by atoms with van der Waals surface area (Å²) in [6.07, 6.45) is 6.62. The average molecular weight is 309 g/mol. The minimum Gasteiger partial charge on any atom is -0.350 e. The Bertz CT molecular complexity index is 617. The first kappa shape index (κ1) is 19.0. The lowest BCUT2D eigenvalue weighted by Gasteiger charge is -2.26. The third-order valence-electron chi connectivity index (χ3n) is 4.10. The van der Waals surface area contributed by atoms with Gasteiger partial charge in [0.05, 0.1) is 0 Å². The molecule has 1 nitrogen and oxygen atoms in total. The van der Waals surface area contributed by atoms with Crippen LogP contribution in [0.15, 0.2) is 66.5 Å². The quantitative estimate of drug-likeness (QED) is 0.496. The Balaban J connectivity index is 2.91. The van der Waals surface area contributed by atoms with Crippen molar-refractivity contribution in [3.63, 3.8) is 0 Å². The molecule has 1 aromatic rings. The Kier molecular flexibility index (Phi) is 7.61. The van der Waals surface area contributed by atoms with Crippen LogP contribution in [0.25, 0.3) is 5.57 Å². The molecule has 0 aliphatic heterocycles. The molecule has 0 aromatic heterocycles. The molecule has 0 radical (unpaired) electrons. The zero-order chi connectivity index (χ0) is 17.4. The van der Waals surface area contributed by atoms with E-state index in [0.29, 0.717) is 0 Å². The van der Waals surface area contributed by atoms with Crippen molar-refractivity contribution in [3.8, 4) is 0 Å². The number of aryl methyl sites for hydroxylation is 1. The van der Waals surface area contributed by atoms with Crippen LogP contribution in [0, 0.1) is 6.92 Å². The van der Waals surface area contributed by atoms with Gasteiger partial charge >= 0.3 is 0 Å². The van der Waals surface area contributed by atoms with Crippen molar-refractivity contribution in [2.45, 2.75) is 47.5 Å². The van der Waals surface area contributed by atoms with Crippen LogP contribution in [0.4, 0.5) is 0 Å². The van der Waals surface area contributed by atoms with Gasteiger partial charge in [0.2, 0.25) is 0 Å². The zero-order valence-corrected chi connectivity index (χ0v) is 15.4. The van der Waals surface area contributed by atoms with Gasteiger partial charge < -0.3 is 4.90 Å². The van der Waals surface area contributed by atoms with Crippen LogP contribution in [0.5, 0.6) is 0 Å². The maximum atomic E-state index is 4.19. The first-order valence-electron chi connectivity index (χ1n) is 8.41. The van der Waals surface area contributed by atoms with Gasteiger partial charge in [0.15, 0.2) is 0 Å². The van der Waals surface area contributed by atoms with Crippen molar-refractivity contribution in [2.24, 2.45) is 0 Å². The second-order valence-corrected chi connectivity index (χ2v) is 6.24. The molecule has 0 bridgehead atoms. The van der Waals surface area contributed by atoms with Crippen LogP contribution in [0.1, 0.15) is 51.7 Å². The topological polar surface area (TPSA) is 3.24 Å². The predicted octanol–water partition coefficient (Wildman–Crippen LogP) is 6.49. The van der Waals surface area contributed by atoms with Crippen LogP contribution in [-0.4, -0.2) is 11.4 Å². The number of nitrogens with zero attached hydrogens (tertiary/aromatic N) is 1. The van der Waals surface area contributed by atoms with E-state index in [9.17, 15) is 0 Å². The molecule has 0 unspecified atom stereocenters. The third kappa shape index (κ3) is 5.94. The summed E-state index contributed by atoms with van der Waals surface area (Å²) in [7, 11) is 0. The minimum absolute atomic E-state index is 1.03. The summed E-state index contributed by atoms with van der Waals surface area (Å²) in [4.78, 5) is 2.30. The summed E-state index contributed by atoms with van der Waals surface area (Å²) in [5.41, 5.74) is 7.08. The van der Waals surface area contributed by atoms with E-state index in [4.69, 9.17) is 0 Å². The number of benzene rings is 1. The number of rotatable bonds is 8. The van der Waals surface area contributed by atoms with E-state index in [0.717, 1.165) is 17.8 Å². The second kappa shape index (κ2) is 9.19. The molecule has 0 N–H and O–H groups in total. The summed E-state index contributed by atoms with van der Waals surface area (Å²) in [5, 5.41) is 0. The van der Waals surface area contributed by atoms with Crippen LogP contribution in [0.3, 0.4) is 0 Å². The van der Waals surface area contributed by atoms with E-state index < -0.39 is 0 Å². The van der Waals surface area contributed by atoms with E-state index in [1.165, 1.54) is 35.2 Å². The minimum atomic E-state index is 1.03. The second-order valence-electron chi connectivity index (χ2n) is 6.24. The van der Waals surface area contributed by atoms with Gasteiger partial charge in [-0.05, 0) is 50.8 Å². The van der Waals surface area contributed by atoms with Crippen molar-refractivity contribution < 1.29 is 0 Å². The molecular formula is C22H31N. The van der Waals surface area contributed by atoms with E-state index in [2.05, 4.69) is 89.1 Å². The number of hydrogen-bond donors (Lipinski definition) is 0. The lowest BCUT2D eigenvalue weighted by atomic mass is 10.0. The average Bonchev–Trinajstić information content (AvgIpc) is 2.52. The first-order valence-corrected chi connectivity index (χ1v) is 8.41. The largest absolute Gasteiger partial charge is 0.350 e. The van der Waals surface area contributed by atoms with E-state index in [1.807, 2.05) is 0 Å². The van der Waals surface area contributed by atoms with Crippen molar-refractivity contribution >= 4 is 5.57 Å². The summed E-state index contributed by atoms with van der Waals surface area (Å²) < 4.78 is 0. The maximum absolute atomic E-state index is 4.19. The lowest BCUT2D eigenvalue weighted by Crippen LogP contribution is -2.21. The van der Waals surface area contributed by atoms with E-state index in [1.54, 1.807) is 0 Å². The molecule has 1 heteroatoms. The molecule has 0 atom stereocenters. The molecule has 0 amide bonds. The Labute approximate surface area is 142 Å². The summed E-state index contributed by atoms with van der Waals surface area (Å²) >= 11 is 0. The summed E-state index contributed by atoms with van der Waals surface area (Å²) in [6.45, 7) is 20.0. The van der Waals surface area contributed by atoms with E-state index in [-0.39, 0.29) is 0 Å². The summed E-state index contributed by atoms with van der Waals surface area (Å²) in [5.74, 6) is 0. The highest BCUT2D eigenvalue weighted by Crippen LogP contribution is 2.20. The van der Waals surface area contributed by atoms with Gasteiger partial charge in [0, 0.05) is 17.9 Å². The van der Waals surface area contributed by atoms with Crippen LogP contribution < -0.4 is 0 Å². The van der Waals surface area contributed by atoms with E-state index >= 15 is 0 Å². The Hall–Kier alpha value is -2.02. The molecule has 0 fully saturated rings.